The van der Waals surface area contributed by atoms with E-state index in [0.717, 1.165) is 50.9 Å². The molecule has 5 nitrogen and oxygen atoms in total. The van der Waals surface area contributed by atoms with Crippen molar-refractivity contribution in [2.24, 2.45) is 18.9 Å². The second kappa shape index (κ2) is 6.88. The van der Waals surface area contributed by atoms with Crippen molar-refractivity contribution in [1.82, 2.24) is 15.1 Å². The van der Waals surface area contributed by atoms with Crippen LogP contribution < -0.4 is 5.32 Å². The van der Waals surface area contributed by atoms with Crippen LogP contribution in [0.5, 0.6) is 0 Å². The number of aromatic nitrogens is 2. The van der Waals surface area contributed by atoms with Crippen LogP contribution in [-0.2, 0) is 24.8 Å². The minimum Gasteiger partial charge on any atom is -0.481 e. The highest BCUT2D eigenvalue weighted by Gasteiger charge is 2.30. The first-order chi connectivity index (χ1) is 9.61. The van der Waals surface area contributed by atoms with E-state index in [4.69, 9.17) is 0 Å². The van der Waals surface area contributed by atoms with E-state index in [2.05, 4.69) is 17.3 Å². The number of hydrogen-bond donors (Lipinski definition) is 2. The number of nitrogens with one attached hydrogen (secondary N) is 1. The van der Waals surface area contributed by atoms with Gasteiger partial charge in [0.15, 0.2) is 0 Å². The predicted octanol–water partition coefficient (Wildman–Crippen LogP) is 1.96. The number of aryl methyl sites for hydroxylation is 2. The summed E-state index contributed by atoms with van der Waals surface area (Å²) in [6.07, 6.45) is 7.03. The van der Waals surface area contributed by atoms with Gasteiger partial charge in [0.1, 0.15) is 0 Å². The van der Waals surface area contributed by atoms with Gasteiger partial charge in [-0.25, -0.2) is 0 Å². The maximum Gasteiger partial charge on any atom is 0.306 e. The molecule has 2 unspecified atom stereocenters. The van der Waals surface area contributed by atoms with E-state index in [1.165, 1.54) is 5.56 Å². The largest absolute Gasteiger partial charge is 0.481 e. The average molecular weight is 279 g/mol. The van der Waals surface area contributed by atoms with Gasteiger partial charge >= 0.3 is 5.97 Å². The summed E-state index contributed by atoms with van der Waals surface area (Å²) in [6.45, 7) is 3.67. The van der Waals surface area contributed by atoms with E-state index in [-0.39, 0.29) is 11.8 Å². The van der Waals surface area contributed by atoms with Crippen molar-refractivity contribution in [3.8, 4) is 0 Å². The Morgan fingerprint density at radius 2 is 2.25 bits per heavy atom. The molecule has 1 aliphatic carbocycles. The van der Waals surface area contributed by atoms with E-state index >= 15 is 0 Å². The maximum absolute atomic E-state index is 11.3. The maximum atomic E-state index is 11.3. The molecule has 0 spiro atoms. The Hall–Kier alpha value is -1.36. The van der Waals surface area contributed by atoms with Gasteiger partial charge in [-0.1, -0.05) is 19.8 Å². The molecule has 0 aromatic carbocycles. The van der Waals surface area contributed by atoms with Gasteiger partial charge in [0.2, 0.25) is 0 Å². The van der Waals surface area contributed by atoms with Crippen LogP contribution in [-0.4, -0.2) is 27.4 Å². The highest BCUT2D eigenvalue weighted by molar-refractivity contribution is 5.70. The normalized spacial score (nSPS) is 22.9. The Morgan fingerprint density at radius 3 is 2.95 bits per heavy atom. The molecule has 0 radical (unpaired) electrons. The highest BCUT2D eigenvalue weighted by Crippen LogP contribution is 2.29. The standard InChI is InChI=1S/C15H25N3O2/c1-3-14-12(10-18(2)17-14)9-16-8-11-6-4-5-7-13(11)15(19)20/h10-11,13,16H,3-9H2,1-2H3,(H,19,20). The number of aliphatic carboxylic acids is 1. The molecule has 0 amide bonds. The van der Waals surface area contributed by atoms with Crippen molar-refractivity contribution in [3.63, 3.8) is 0 Å². The van der Waals surface area contributed by atoms with Crippen LogP contribution in [0.2, 0.25) is 0 Å². The number of carbonyl (C=O) groups is 1. The summed E-state index contributed by atoms with van der Waals surface area (Å²) < 4.78 is 1.84. The molecule has 2 N–H and O–H groups in total. The van der Waals surface area contributed by atoms with Crippen molar-refractivity contribution >= 4 is 5.97 Å². The van der Waals surface area contributed by atoms with Crippen molar-refractivity contribution < 1.29 is 9.90 Å². The number of rotatable bonds is 6. The minimum absolute atomic E-state index is 0.171. The zero-order chi connectivity index (χ0) is 14.5. The Labute approximate surface area is 120 Å². The second-order valence-electron chi connectivity index (χ2n) is 5.75. The quantitative estimate of drug-likeness (QED) is 0.835. The lowest BCUT2D eigenvalue weighted by Crippen LogP contribution is -2.34. The third-order valence-electron chi connectivity index (χ3n) is 4.27. The fraction of sp³-hybridized carbons (Fsp3) is 0.733. The van der Waals surface area contributed by atoms with Crippen molar-refractivity contribution in [2.45, 2.75) is 45.6 Å². The first-order valence-electron chi connectivity index (χ1n) is 7.56. The first kappa shape index (κ1) is 15.0. The molecule has 0 aliphatic heterocycles. The van der Waals surface area contributed by atoms with Gasteiger partial charge in [-0.3, -0.25) is 9.48 Å². The average Bonchev–Trinajstić information content (AvgIpc) is 2.79. The van der Waals surface area contributed by atoms with E-state index < -0.39 is 5.97 Å². The number of carboxylic acid groups (broad SMARTS) is 1. The van der Waals surface area contributed by atoms with Gasteiger partial charge in [0.05, 0.1) is 11.6 Å². The minimum atomic E-state index is -0.632. The Morgan fingerprint density at radius 1 is 1.50 bits per heavy atom. The molecule has 1 heterocycles. The van der Waals surface area contributed by atoms with Crippen molar-refractivity contribution in [3.05, 3.63) is 17.5 Å². The Balaban J connectivity index is 1.86. The topological polar surface area (TPSA) is 67.2 Å². The molecule has 1 fully saturated rings. The van der Waals surface area contributed by atoms with Crippen LogP contribution in [0.4, 0.5) is 0 Å². The summed E-state index contributed by atoms with van der Waals surface area (Å²) in [5.41, 5.74) is 2.34. The zero-order valence-corrected chi connectivity index (χ0v) is 12.4. The Kier molecular flexibility index (Phi) is 5.17. The molecule has 5 heteroatoms. The lowest BCUT2D eigenvalue weighted by molar-refractivity contribution is -0.144. The van der Waals surface area contributed by atoms with Gasteiger partial charge in [-0.15, -0.1) is 0 Å². The smallest absolute Gasteiger partial charge is 0.306 e. The fourth-order valence-corrected chi connectivity index (χ4v) is 3.20. The zero-order valence-electron chi connectivity index (χ0n) is 12.4. The molecule has 0 saturated heterocycles. The van der Waals surface area contributed by atoms with Crippen LogP contribution in [0.3, 0.4) is 0 Å². The highest BCUT2D eigenvalue weighted by atomic mass is 16.4. The van der Waals surface area contributed by atoms with Crippen LogP contribution in [0.15, 0.2) is 6.20 Å². The number of nitrogens with zero attached hydrogens (tertiary/aromatic N) is 2. The number of carboxylic acids is 1. The van der Waals surface area contributed by atoms with Gasteiger partial charge in [-0.2, -0.15) is 5.10 Å². The van der Waals surface area contributed by atoms with Gasteiger partial charge in [0, 0.05) is 25.4 Å². The summed E-state index contributed by atoms with van der Waals surface area (Å²) in [5.74, 6) is -0.536. The van der Waals surface area contributed by atoms with Gasteiger partial charge in [-0.05, 0) is 31.7 Å². The van der Waals surface area contributed by atoms with E-state index in [0.29, 0.717) is 0 Å². The van der Waals surface area contributed by atoms with Crippen LogP contribution in [0.25, 0.3) is 0 Å². The molecule has 20 heavy (non-hydrogen) atoms. The molecule has 112 valence electrons. The third kappa shape index (κ3) is 3.60. The predicted molar refractivity (Wildman–Crippen MR) is 77.4 cm³/mol. The lowest BCUT2D eigenvalue weighted by atomic mass is 9.79. The van der Waals surface area contributed by atoms with Crippen molar-refractivity contribution in [2.75, 3.05) is 6.54 Å². The van der Waals surface area contributed by atoms with E-state index in [9.17, 15) is 9.90 Å². The SMILES string of the molecule is CCc1nn(C)cc1CNCC1CCCCC1C(=O)O. The summed E-state index contributed by atoms with van der Waals surface area (Å²) in [5, 5.41) is 17.1. The van der Waals surface area contributed by atoms with Crippen LogP contribution in [0, 0.1) is 11.8 Å². The third-order valence-corrected chi connectivity index (χ3v) is 4.27. The van der Waals surface area contributed by atoms with Gasteiger partial charge in [0.25, 0.3) is 0 Å². The summed E-state index contributed by atoms with van der Waals surface area (Å²) >= 11 is 0. The summed E-state index contributed by atoms with van der Waals surface area (Å²) in [6, 6.07) is 0. The van der Waals surface area contributed by atoms with Crippen LogP contribution in [0.1, 0.15) is 43.9 Å². The number of hydrogen-bond acceptors (Lipinski definition) is 3. The molecule has 2 atom stereocenters. The van der Waals surface area contributed by atoms with Gasteiger partial charge < -0.3 is 10.4 Å². The molecule has 0 bridgehead atoms. The second-order valence-corrected chi connectivity index (χ2v) is 5.75. The molecule has 2 rings (SSSR count). The molecule has 1 aromatic rings. The molecular formula is C15H25N3O2. The molecule has 1 aliphatic rings. The lowest BCUT2D eigenvalue weighted by Gasteiger charge is -2.28. The molecule has 1 saturated carbocycles. The van der Waals surface area contributed by atoms with E-state index in [1.807, 2.05) is 17.9 Å². The van der Waals surface area contributed by atoms with E-state index in [1.54, 1.807) is 0 Å². The van der Waals surface area contributed by atoms with Crippen LogP contribution >= 0.6 is 0 Å². The van der Waals surface area contributed by atoms with Crippen molar-refractivity contribution in [1.29, 1.82) is 0 Å². The summed E-state index contributed by atoms with van der Waals surface area (Å²) in [4.78, 5) is 11.3. The summed E-state index contributed by atoms with van der Waals surface area (Å²) in [7, 11) is 1.93. The fourth-order valence-electron chi connectivity index (χ4n) is 3.20. The molecular weight excluding hydrogens is 254 g/mol. The molecule has 1 aromatic heterocycles. The monoisotopic (exact) mass is 279 g/mol. The Bertz CT molecular complexity index is 456. The first-order valence-corrected chi connectivity index (χ1v) is 7.56.